The molecule has 35 heavy (non-hydrogen) atoms. The fourth-order valence-corrected chi connectivity index (χ4v) is 4.06. The molecule has 1 heterocycles. The molecule has 4 amide bonds. The van der Waals surface area contributed by atoms with Crippen molar-refractivity contribution in [3.05, 3.63) is 98.6 Å². The Morgan fingerprint density at radius 2 is 1.86 bits per heavy atom. The summed E-state index contributed by atoms with van der Waals surface area (Å²) in [5.74, 6) is -0.450. The van der Waals surface area contributed by atoms with Crippen molar-refractivity contribution in [3.8, 4) is 5.75 Å². The maximum Gasteiger partial charge on any atom is 0.329 e. The van der Waals surface area contributed by atoms with Gasteiger partial charge in [0.25, 0.3) is 5.91 Å². The number of imide groups is 1. The lowest BCUT2D eigenvalue weighted by molar-refractivity contribution is -0.127. The number of nitrogens with zero attached hydrogens (tertiary/aromatic N) is 1. The molecular formula is C26H21BrClN3O4. The van der Waals surface area contributed by atoms with Gasteiger partial charge in [-0.25, -0.2) is 9.69 Å². The van der Waals surface area contributed by atoms with Crippen molar-refractivity contribution in [1.82, 2.24) is 10.2 Å². The van der Waals surface area contributed by atoms with Gasteiger partial charge in [-0.05, 0) is 64.8 Å². The molecule has 1 aliphatic rings. The van der Waals surface area contributed by atoms with Gasteiger partial charge in [0.2, 0.25) is 5.91 Å². The van der Waals surface area contributed by atoms with Gasteiger partial charge in [-0.1, -0.05) is 53.6 Å². The molecule has 0 atom stereocenters. The number of nitrogens with one attached hydrogen (secondary N) is 2. The lowest BCUT2D eigenvalue weighted by Gasteiger charge is -2.12. The Morgan fingerprint density at radius 1 is 1.11 bits per heavy atom. The summed E-state index contributed by atoms with van der Waals surface area (Å²) >= 11 is 9.64. The third-order valence-corrected chi connectivity index (χ3v) is 6.20. The Bertz CT molecular complexity index is 1320. The number of benzene rings is 3. The van der Waals surface area contributed by atoms with Gasteiger partial charge in [0.05, 0.1) is 4.47 Å². The summed E-state index contributed by atoms with van der Waals surface area (Å²) in [5.41, 5.74) is 3.24. The SMILES string of the molecule is Cc1ccc(NC(=O)CN2C(=O)N/C(=C/c3ccc(OCc4ccccc4Cl)c(Br)c3)C2=O)cc1. The van der Waals surface area contributed by atoms with Crippen LogP contribution in [0.3, 0.4) is 0 Å². The number of rotatable bonds is 7. The maximum atomic E-state index is 12.7. The number of urea groups is 1. The van der Waals surface area contributed by atoms with Gasteiger partial charge >= 0.3 is 6.03 Å². The minimum atomic E-state index is -0.654. The summed E-state index contributed by atoms with van der Waals surface area (Å²) in [4.78, 5) is 38.3. The monoisotopic (exact) mass is 553 g/mol. The molecule has 0 spiro atoms. The minimum absolute atomic E-state index is 0.0785. The predicted molar refractivity (Wildman–Crippen MR) is 138 cm³/mol. The molecule has 0 saturated carbocycles. The molecule has 1 aliphatic heterocycles. The first-order chi connectivity index (χ1) is 16.8. The van der Waals surface area contributed by atoms with Gasteiger partial charge in [0, 0.05) is 16.3 Å². The molecule has 0 bridgehead atoms. The van der Waals surface area contributed by atoms with Crippen molar-refractivity contribution >= 4 is 57.1 Å². The number of hydrogen-bond donors (Lipinski definition) is 2. The standard InChI is InChI=1S/C26H21BrClN3O4/c1-16-6-9-19(10-7-16)29-24(32)14-31-25(33)22(30-26(31)34)13-17-8-11-23(20(27)12-17)35-15-18-4-2-3-5-21(18)28/h2-13H,14-15H2,1H3,(H,29,32)(H,30,34)/b22-13+. The summed E-state index contributed by atoms with van der Waals surface area (Å²) in [6.07, 6.45) is 1.54. The average Bonchev–Trinajstić information content (AvgIpc) is 3.08. The summed E-state index contributed by atoms with van der Waals surface area (Å²) in [7, 11) is 0. The molecule has 178 valence electrons. The highest BCUT2D eigenvalue weighted by atomic mass is 79.9. The van der Waals surface area contributed by atoms with Crippen LogP contribution in [0.1, 0.15) is 16.7 Å². The van der Waals surface area contributed by atoms with Crippen molar-refractivity contribution in [2.45, 2.75) is 13.5 Å². The van der Waals surface area contributed by atoms with E-state index in [9.17, 15) is 14.4 Å². The smallest absolute Gasteiger partial charge is 0.329 e. The molecule has 9 heteroatoms. The fourth-order valence-electron chi connectivity index (χ4n) is 3.36. The zero-order valence-electron chi connectivity index (χ0n) is 18.7. The molecule has 3 aromatic carbocycles. The van der Waals surface area contributed by atoms with Gasteiger partial charge in [-0.3, -0.25) is 9.59 Å². The maximum absolute atomic E-state index is 12.7. The lowest BCUT2D eigenvalue weighted by atomic mass is 10.2. The summed E-state index contributed by atoms with van der Waals surface area (Å²) in [5, 5.41) is 5.83. The third-order valence-electron chi connectivity index (χ3n) is 5.21. The quantitative estimate of drug-likeness (QED) is 0.297. The highest BCUT2D eigenvalue weighted by Gasteiger charge is 2.34. The van der Waals surface area contributed by atoms with Crippen LogP contribution in [-0.4, -0.2) is 29.3 Å². The van der Waals surface area contributed by atoms with Crippen LogP contribution in [0.5, 0.6) is 5.75 Å². The van der Waals surface area contributed by atoms with Crippen LogP contribution in [-0.2, 0) is 16.2 Å². The molecule has 1 saturated heterocycles. The van der Waals surface area contributed by atoms with Crippen LogP contribution in [0.15, 0.2) is 76.9 Å². The second-order valence-electron chi connectivity index (χ2n) is 7.86. The summed E-state index contributed by atoms with van der Waals surface area (Å²) in [6, 6.07) is 19.3. The number of hydrogen-bond acceptors (Lipinski definition) is 4. The van der Waals surface area contributed by atoms with Crippen LogP contribution in [0, 0.1) is 6.92 Å². The van der Waals surface area contributed by atoms with Crippen LogP contribution in [0.4, 0.5) is 10.5 Å². The highest BCUT2D eigenvalue weighted by Crippen LogP contribution is 2.29. The van der Waals surface area contributed by atoms with E-state index in [1.165, 1.54) is 0 Å². The Kier molecular flexibility index (Phi) is 7.53. The topological polar surface area (TPSA) is 87.7 Å². The summed E-state index contributed by atoms with van der Waals surface area (Å²) in [6.45, 7) is 1.84. The second-order valence-corrected chi connectivity index (χ2v) is 9.13. The van der Waals surface area contributed by atoms with Gasteiger partial charge in [0.15, 0.2) is 0 Å². The van der Waals surface area contributed by atoms with Crippen molar-refractivity contribution in [2.24, 2.45) is 0 Å². The van der Waals surface area contributed by atoms with Crippen LogP contribution < -0.4 is 15.4 Å². The lowest BCUT2D eigenvalue weighted by Crippen LogP contribution is -2.38. The molecule has 4 rings (SSSR count). The zero-order chi connectivity index (χ0) is 24.9. The molecule has 0 aliphatic carbocycles. The Balaban J connectivity index is 1.40. The molecule has 2 N–H and O–H groups in total. The van der Waals surface area contributed by atoms with Gasteiger partial charge in [-0.2, -0.15) is 0 Å². The average molecular weight is 555 g/mol. The zero-order valence-corrected chi connectivity index (χ0v) is 21.0. The van der Waals surface area contributed by atoms with E-state index in [1.807, 2.05) is 37.3 Å². The van der Waals surface area contributed by atoms with Gasteiger partial charge in [-0.15, -0.1) is 0 Å². The number of anilines is 1. The molecular weight excluding hydrogens is 534 g/mol. The van der Waals surface area contributed by atoms with Crippen molar-refractivity contribution in [2.75, 3.05) is 11.9 Å². The fraction of sp³-hybridized carbons (Fsp3) is 0.115. The number of aryl methyl sites for hydroxylation is 1. The van der Waals surface area contributed by atoms with E-state index in [4.69, 9.17) is 16.3 Å². The van der Waals surface area contributed by atoms with Crippen LogP contribution in [0.25, 0.3) is 6.08 Å². The number of carbonyl (C=O) groups excluding carboxylic acids is 3. The van der Waals surface area contributed by atoms with E-state index in [2.05, 4.69) is 26.6 Å². The third kappa shape index (κ3) is 6.09. The van der Waals surface area contributed by atoms with E-state index in [0.29, 0.717) is 33.1 Å². The second kappa shape index (κ2) is 10.8. The van der Waals surface area contributed by atoms with E-state index in [1.54, 1.807) is 42.5 Å². The highest BCUT2D eigenvalue weighted by molar-refractivity contribution is 9.10. The van der Waals surface area contributed by atoms with E-state index < -0.39 is 24.4 Å². The van der Waals surface area contributed by atoms with Crippen molar-refractivity contribution in [3.63, 3.8) is 0 Å². The van der Waals surface area contributed by atoms with Crippen LogP contribution >= 0.6 is 27.5 Å². The number of halogens is 2. The molecule has 3 aromatic rings. The first kappa shape index (κ1) is 24.5. The number of carbonyl (C=O) groups is 3. The normalized spacial score (nSPS) is 14.3. The Hall–Kier alpha value is -3.62. The number of amides is 4. The van der Waals surface area contributed by atoms with E-state index in [-0.39, 0.29) is 5.70 Å². The molecule has 0 unspecified atom stereocenters. The van der Waals surface area contributed by atoms with E-state index in [0.717, 1.165) is 16.0 Å². The largest absolute Gasteiger partial charge is 0.488 e. The van der Waals surface area contributed by atoms with Crippen molar-refractivity contribution in [1.29, 1.82) is 0 Å². The summed E-state index contributed by atoms with van der Waals surface area (Å²) < 4.78 is 6.51. The predicted octanol–water partition coefficient (Wildman–Crippen LogP) is 5.52. The van der Waals surface area contributed by atoms with Crippen molar-refractivity contribution < 1.29 is 19.1 Å². The molecule has 0 aromatic heterocycles. The Labute approximate surface area is 215 Å². The van der Waals surface area contributed by atoms with Gasteiger partial charge in [0.1, 0.15) is 24.6 Å². The first-order valence-corrected chi connectivity index (χ1v) is 11.8. The van der Waals surface area contributed by atoms with Crippen LogP contribution in [0.2, 0.25) is 5.02 Å². The molecule has 7 nitrogen and oxygen atoms in total. The Morgan fingerprint density at radius 3 is 2.57 bits per heavy atom. The molecule has 0 radical (unpaired) electrons. The van der Waals surface area contributed by atoms with Gasteiger partial charge < -0.3 is 15.4 Å². The van der Waals surface area contributed by atoms with E-state index >= 15 is 0 Å². The molecule has 1 fully saturated rings. The minimum Gasteiger partial charge on any atom is -0.488 e. The first-order valence-electron chi connectivity index (χ1n) is 10.7. The number of ether oxygens (including phenoxy) is 1.